The van der Waals surface area contributed by atoms with E-state index in [1.54, 1.807) is 22.5 Å². The third-order valence-corrected chi connectivity index (χ3v) is 9.24. The van der Waals surface area contributed by atoms with E-state index >= 15 is 0 Å². The van der Waals surface area contributed by atoms with Gasteiger partial charge in [0.05, 0.1) is 22.0 Å². The molecule has 32 heavy (non-hydrogen) atoms. The van der Waals surface area contributed by atoms with E-state index in [0.29, 0.717) is 39.2 Å². The van der Waals surface area contributed by atoms with Gasteiger partial charge in [-0.25, -0.2) is 22.7 Å². The van der Waals surface area contributed by atoms with Gasteiger partial charge in [-0.3, -0.25) is 0 Å². The van der Waals surface area contributed by atoms with Crippen molar-refractivity contribution in [3.05, 3.63) is 71.3 Å². The standard InChI is InChI=1S/C20H17ClF3N3O3S2/c21-16-10-25-19(26-11-16)12-27-7-8-30-17-6-3-14(9-18(17)31(27)32(28)29)13-1-4-15(5-2-13)20(22,23)24/h1-6,9-11,31-32H,7-8,12H2. The molecule has 2 heterocycles. The summed E-state index contributed by atoms with van der Waals surface area (Å²) in [6, 6.07) is 9.73. The number of rotatable bonds is 4. The minimum Gasteiger partial charge on any atom is -0.491 e. The molecule has 170 valence electrons. The molecule has 12 heteroatoms. The third-order valence-electron chi connectivity index (χ3n) is 4.75. The van der Waals surface area contributed by atoms with Gasteiger partial charge < -0.3 is 4.74 Å². The highest BCUT2D eigenvalue weighted by molar-refractivity contribution is 8.73. The molecule has 1 unspecified atom stereocenters. The van der Waals surface area contributed by atoms with Crippen LogP contribution in [0.15, 0.2) is 59.8 Å². The molecule has 0 bridgehead atoms. The molecule has 1 aliphatic heterocycles. The normalized spacial score (nSPS) is 18.1. The number of fused-ring (bicyclic) bond motifs is 1. The van der Waals surface area contributed by atoms with Crippen LogP contribution in [0.1, 0.15) is 11.4 Å². The minimum atomic E-state index is -4.43. The second-order valence-corrected chi connectivity index (χ2v) is 11.5. The summed E-state index contributed by atoms with van der Waals surface area (Å²) in [5.41, 5.74) is 0.377. The van der Waals surface area contributed by atoms with E-state index in [0.717, 1.165) is 12.1 Å². The second kappa shape index (κ2) is 9.26. The maximum absolute atomic E-state index is 12.9. The van der Waals surface area contributed by atoms with Crippen molar-refractivity contribution in [3.63, 3.8) is 0 Å². The van der Waals surface area contributed by atoms with E-state index in [1.165, 1.54) is 24.5 Å². The Morgan fingerprint density at radius 1 is 1.06 bits per heavy atom. The Morgan fingerprint density at radius 3 is 2.34 bits per heavy atom. The zero-order chi connectivity index (χ0) is 22.9. The first-order valence-corrected chi connectivity index (χ1v) is 12.9. The molecule has 0 saturated heterocycles. The lowest BCUT2D eigenvalue weighted by atomic mass is 10.0. The molecule has 0 N–H and O–H groups in total. The largest absolute Gasteiger partial charge is 0.491 e. The van der Waals surface area contributed by atoms with E-state index in [1.807, 2.05) is 0 Å². The van der Waals surface area contributed by atoms with E-state index in [9.17, 15) is 21.6 Å². The van der Waals surface area contributed by atoms with Crippen molar-refractivity contribution < 1.29 is 26.3 Å². The lowest BCUT2D eigenvalue weighted by Gasteiger charge is -2.28. The summed E-state index contributed by atoms with van der Waals surface area (Å²) >= 11 is 5.82. The average molecular weight is 504 g/mol. The van der Waals surface area contributed by atoms with Gasteiger partial charge in [0.25, 0.3) is 0 Å². The molecular formula is C20H17ClF3N3O3S2. The topological polar surface area (TPSA) is 72.4 Å². The van der Waals surface area contributed by atoms with Gasteiger partial charge in [0.2, 0.25) is 0 Å². The van der Waals surface area contributed by atoms with Gasteiger partial charge in [-0.2, -0.15) is 13.2 Å². The molecule has 0 aliphatic carbocycles. The summed E-state index contributed by atoms with van der Waals surface area (Å²) in [7, 11) is -4.72. The molecule has 0 fully saturated rings. The van der Waals surface area contributed by atoms with Gasteiger partial charge >= 0.3 is 6.18 Å². The van der Waals surface area contributed by atoms with Crippen molar-refractivity contribution >= 4 is 31.5 Å². The van der Waals surface area contributed by atoms with Crippen LogP contribution in [0.25, 0.3) is 11.1 Å². The van der Waals surface area contributed by atoms with Crippen molar-refractivity contribution in [2.75, 3.05) is 13.2 Å². The van der Waals surface area contributed by atoms with Gasteiger partial charge in [0.1, 0.15) is 18.2 Å². The molecule has 1 atom stereocenters. The number of hydrogen-bond donors (Lipinski definition) is 2. The van der Waals surface area contributed by atoms with E-state index in [-0.39, 0.29) is 13.2 Å². The number of thiol groups is 2. The predicted molar refractivity (Wildman–Crippen MR) is 117 cm³/mol. The van der Waals surface area contributed by atoms with E-state index in [4.69, 9.17) is 16.3 Å². The van der Waals surface area contributed by atoms with E-state index in [2.05, 4.69) is 9.97 Å². The maximum Gasteiger partial charge on any atom is 0.416 e. The molecule has 3 aromatic rings. The molecule has 6 nitrogen and oxygen atoms in total. The summed E-state index contributed by atoms with van der Waals surface area (Å²) in [6.07, 6.45) is -1.55. The zero-order valence-corrected chi connectivity index (χ0v) is 18.8. The van der Waals surface area contributed by atoms with Gasteiger partial charge in [0.15, 0.2) is 9.74 Å². The Hall–Kier alpha value is -2.34. The molecule has 2 aromatic carbocycles. The Bertz CT molecular complexity index is 1180. The van der Waals surface area contributed by atoms with Crippen molar-refractivity contribution in [1.29, 1.82) is 0 Å². The van der Waals surface area contributed by atoms with Gasteiger partial charge in [-0.1, -0.05) is 39.9 Å². The fourth-order valence-electron chi connectivity index (χ4n) is 3.26. The van der Waals surface area contributed by atoms with Crippen LogP contribution in [0.3, 0.4) is 0 Å². The number of alkyl halides is 3. The van der Waals surface area contributed by atoms with Crippen LogP contribution in [0, 0.1) is 0 Å². The Kier molecular flexibility index (Phi) is 6.61. The number of ether oxygens (including phenoxy) is 1. The lowest BCUT2D eigenvalue weighted by Crippen LogP contribution is -2.24. The second-order valence-electron chi connectivity index (χ2n) is 6.84. The molecule has 1 aromatic heterocycles. The average Bonchev–Trinajstić information content (AvgIpc) is 2.93. The highest BCUT2D eigenvalue weighted by Crippen LogP contribution is 2.49. The summed E-state index contributed by atoms with van der Waals surface area (Å²) < 4.78 is 70.7. The first kappa shape index (κ1) is 22.8. The van der Waals surface area contributed by atoms with Crippen LogP contribution < -0.4 is 4.74 Å². The SMILES string of the molecule is O=[SH](=O)[SH]1c2cc(-c3ccc(C(F)(F)F)cc3)ccc2OCCN1Cc1ncc(Cl)cn1. The molecule has 0 amide bonds. The van der Waals surface area contributed by atoms with Crippen LogP contribution >= 0.6 is 21.7 Å². The van der Waals surface area contributed by atoms with Crippen LogP contribution in [0.5, 0.6) is 5.75 Å². The highest BCUT2D eigenvalue weighted by atomic mass is 35.5. The highest BCUT2D eigenvalue weighted by Gasteiger charge is 2.30. The number of aromatic nitrogens is 2. The summed E-state index contributed by atoms with van der Waals surface area (Å²) in [6.45, 7) is 0.785. The quantitative estimate of drug-likeness (QED) is 0.403. The molecule has 0 saturated carbocycles. The number of halogens is 4. The van der Waals surface area contributed by atoms with Crippen molar-refractivity contribution in [2.45, 2.75) is 17.6 Å². The van der Waals surface area contributed by atoms with Crippen LogP contribution in [0.2, 0.25) is 5.02 Å². The number of hydrogen-bond acceptors (Lipinski definition) is 6. The first-order chi connectivity index (χ1) is 15.2. The van der Waals surface area contributed by atoms with Gasteiger partial charge in [0, 0.05) is 18.9 Å². The van der Waals surface area contributed by atoms with E-state index < -0.39 is 31.6 Å². The zero-order valence-electron chi connectivity index (χ0n) is 16.3. The molecular weight excluding hydrogens is 487 g/mol. The summed E-state index contributed by atoms with van der Waals surface area (Å²) in [4.78, 5) is 8.76. The third kappa shape index (κ3) is 5.01. The first-order valence-electron chi connectivity index (χ1n) is 9.32. The number of benzene rings is 2. The molecule has 0 spiro atoms. The van der Waals surface area contributed by atoms with Crippen LogP contribution in [-0.2, 0) is 22.5 Å². The fraction of sp³-hybridized carbons (Fsp3) is 0.200. The Labute approximate surface area is 190 Å². The van der Waals surface area contributed by atoms with Crippen LogP contribution in [-0.4, -0.2) is 35.8 Å². The lowest BCUT2D eigenvalue weighted by molar-refractivity contribution is -0.137. The van der Waals surface area contributed by atoms with Crippen molar-refractivity contribution in [1.82, 2.24) is 14.3 Å². The Morgan fingerprint density at radius 2 is 1.72 bits per heavy atom. The van der Waals surface area contributed by atoms with Crippen molar-refractivity contribution in [2.24, 2.45) is 0 Å². The molecule has 1 aliphatic rings. The molecule has 4 rings (SSSR count). The van der Waals surface area contributed by atoms with Crippen LogP contribution in [0.4, 0.5) is 13.2 Å². The number of nitrogens with zero attached hydrogens (tertiary/aromatic N) is 3. The monoisotopic (exact) mass is 503 g/mol. The molecule has 0 radical (unpaired) electrons. The van der Waals surface area contributed by atoms with Crippen molar-refractivity contribution in [3.8, 4) is 16.9 Å². The minimum absolute atomic E-state index is 0.180. The summed E-state index contributed by atoms with van der Waals surface area (Å²) in [5.74, 6) is 0.853. The van der Waals surface area contributed by atoms with Gasteiger partial charge in [-0.15, -0.1) is 0 Å². The fourth-order valence-corrected chi connectivity index (χ4v) is 7.24. The maximum atomic E-state index is 12.9. The summed E-state index contributed by atoms with van der Waals surface area (Å²) in [5, 5.41) is 0.372. The predicted octanol–water partition coefficient (Wildman–Crippen LogP) is 4.51. The van der Waals surface area contributed by atoms with Gasteiger partial charge in [-0.05, 0) is 35.4 Å². The Balaban J connectivity index is 1.70. The smallest absolute Gasteiger partial charge is 0.416 e.